The summed E-state index contributed by atoms with van der Waals surface area (Å²) in [6.07, 6.45) is 1.82. The zero-order chi connectivity index (χ0) is 18.3. The largest absolute Gasteiger partial charge is 0.379 e. The molecule has 2 aromatic carbocycles. The summed E-state index contributed by atoms with van der Waals surface area (Å²) in [5, 5.41) is 0.623. The van der Waals surface area contributed by atoms with Crippen LogP contribution in [-0.2, 0) is 12.0 Å². The first-order valence-electron chi connectivity index (χ1n) is 8.98. The molecule has 5 heteroatoms. The van der Waals surface area contributed by atoms with Crippen LogP contribution in [0.15, 0.2) is 53.5 Å². The Hall–Kier alpha value is -2.27. The van der Waals surface area contributed by atoms with E-state index in [-0.39, 0.29) is 17.5 Å². The molecule has 0 fully saturated rings. The van der Waals surface area contributed by atoms with Gasteiger partial charge in [0, 0.05) is 23.0 Å². The Bertz CT molecular complexity index is 894. The Kier molecular flexibility index (Phi) is 4.27. The summed E-state index contributed by atoms with van der Waals surface area (Å²) in [7, 11) is 0. The van der Waals surface area contributed by atoms with Crippen LogP contribution < -0.4 is 10.6 Å². The molecule has 2 aliphatic rings. The van der Waals surface area contributed by atoms with Gasteiger partial charge in [0.1, 0.15) is 0 Å². The Balaban J connectivity index is 1.69. The second kappa shape index (κ2) is 6.47. The lowest BCUT2D eigenvalue weighted by molar-refractivity contribution is 0.0981. The van der Waals surface area contributed by atoms with Crippen molar-refractivity contribution >= 4 is 28.5 Å². The lowest BCUT2D eigenvalue weighted by atomic mass is 9.88. The lowest BCUT2D eigenvalue weighted by Crippen LogP contribution is -2.36. The lowest BCUT2D eigenvalue weighted by Gasteiger charge is -2.30. The summed E-state index contributed by atoms with van der Waals surface area (Å²) in [6.45, 7) is 4.20. The summed E-state index contributed by atoms with van der Waals surface area (Å²) < 4.78 is 0. The number of benzene rings is 2. The van der Waals surface area contributed by atoms with Crippen LogP contribution in [-0.4, -0.2) is 22.9 Å². The number of para-hydroxylation sites is 1. The summed E-state index contributed by atoms with van der Waals surface area (Å²) in [5.41, 5.74) is 9.61. The highest BCUT2D eigenvalue weighted by Gasteiger charge is 2.33. The van der Waals surface area contributed by atoms with Crippen molar-refractivity contribution in [2.75, 3.05) is 10.7 Å². The minimum Gasteiger partial charge on any atom is -0.379 e. The molecule has 134 valence electrons. The fourth-order valence-electron chi connectivity index (χ4n) is 3.90. The molecule has 0 spiro atoms. The summed E-state index contributed by atoms with van der Waals surface area (Å²) in [4.78, 5) is 19.9. The fourth-order valence-corrected chi connectivity index (χ4v) is 4.87. The number of rotatable bonds is 2. The van der Waals surface area contributed by atoms with E-state index in [9.17, 15) is 4.79 Å². The molecule has 4 rings (SSSR count). The highest BCUT2D eigenvalue weighted by atomic mass is 32.2. The van der Waals surface area contributed by atoms with Crippen LogP contribution in [0.3, 0.4) is 0 Å². The molecule has 1 amide bonds. The number of amides is 1. The Morgan fingerprint density at radius 2 is 2.08 bits per heavy atom. The predicted octanol–water partition coefficient (Wildman–Crippen LogP) is 3.94. The monoisotopic (exact) mass is 365 g/mol. The fraction of sp³-hybridized carbons (Fsp3) is 0.333. The maximum absolute atomic E-state index is 13.3. The predicted molar refractivity (Wildman–Crippen MR) is 109 cm³/mol. The molecule has 0 radical (unpaired) electrons. The molecule has 2 aromatic rings. The molecule has 0 aromatic heterocycles. The van der Waals surface area contributed by atoms with Crippen LogP contribution in [0, 0.1) is 0 Å². The molecule has 2 aliphatic heterocycles. The zero-order valence-corrected chi connectivity index (χ0v) is 15.9. The van der Waals surface area contributed by atoms with Crippen molar-refractivity contribution in [3.63, 3.8) is 0 Å². The molecule has 0 bridgehead atoms. The third-order valence-corrected chi connectivity index (χ3v) is 6.15. The zero-order valence-electron chi connectivity index (χ0n) is 15.1. The van der Waals surface area contributed by atoms with Gasteiger partial charge in [-0.2, -0.15) is 0 Å². The van der Waals surface area contributed by atoms with Crippen molar-refractivity contribution in [2.45, 2.75) is 38.3 Å². The third kappa shape index (κ3) is 2.90. The van der Waals surface area contributed by atoms with E-state index >= 15 is 0 Å². The average Bonchev–Trinajstić information content (AvgIpc) is 2.97. The number of nitrogens with zero attached hydrogens (tertiary/aromatic N) is 2. The molecule has 0 saturated carbocycles. The molecule has 2 unspecified atom stereocenters. The quantitative estimate of drug-likeness (QED) is 0.877. The number of nitrogens with two attached hydrogens (primary N) is 1. The van der Waals surface area contributed by atoms with E-state index in [0.29, 0.717) is 10.7 Å². The van der Waals surface area contributed by atoms with Crippen molar-refractivity contribution in [1.29, 1.82) is 0 Å². The van der Waals surface area contributed by atoms with Gasteiger partial charge in [-0.05, 0) is 56.0 Å². The molecule has 2 N–H and O–H groups in total. The molecular weight excluding hydrogens is 342 g/mol. The number of carbonyl (C=O) groups excluding carboxylic acids is 1. The maximum atomic E-state index is 13.3. The van der Waals surface area contributed by atoms with Gasteiger partial charge < -0.3 is 10.6 Å². The normalized spacial score (nSPS) is 24.9. The SMILES string of the molecule is CC1Cc2ccccc2N1C(=O)c1cccc(C2(C)CCSC(N)=N2)c1. The highest BCUT2D eigenvalue weighted by molar-refractivity contribution is 8.13. The van der Waals surface area contributed by atoms with Gasteiger partial charge in [0.2, 0.25) is 0 Å². The van der Waals surface area contributed by atoms with E-state index in [0.717, 1.165) is 29.8 Å². The van der Waals surface area contributed by atoms with Gasteiger partial charge in [0.05, 0.1) is 5.54 Å². The minimum absolute atomic E-state index is 0.0510. The van der Waals surface area contributed by atoms with Crippen LogP contribution in [0.5, 0.6) is 0 Å². The molecule has 0 aliphatic carbocycles. The first-order chi connectivity index (χ1) is 12.5. The van der Waals surface area contributed by atoms with Gasteiger partial charge in [-0.1, -0.05) is 42.1 Å². The van der Waals surface area contributed by atoms with Crippen LogP contribution in [0.4, 0.5) is 5.69 Å². The second-order valence-corrected chi connectivity index (χ2v) is 8.38. The van der Waals surface area contributed by atoms with Gasteiger partial charge in [-0.25, -0.2) is 0 Å². The minimum atomic E-state index is -0.361. The van der Waals surface area contributed by atoms with Crippen molar-refractivity contribution in [2.24, 2.45) is 10.7 Å². The molecule has 26 heavy (non-hydrogen) atoms. The number of fused-ring (bicyclic) bond motifs is 1. The molecule has 2 atom stereocenters. The number of hydrogen-bond acceptors (Lipinski definition) is 4. The Labute approximate surface area is 158 Å². The standard InChI is InChI=1S/C21H23N3OS/c1-14-12-15-6-3-4-9-18(15)24(14)19(25)16-7-5-8-17(13-16)21(2)10-11-26-20(22)23-21/h3-9,13-14H,10-12H2,1-2H3,(H2,22,23). The third-order valence-electron chi connectivity index (χ3n) is 5.35. The van der Waals surface area contributed by atoms with E-state index < -0.39 is 0 Å². The van der Waals surface area contributed by atoms with Crippen molar-refractivity contribution in [1.82, 2.24) is 0 Å². The number of anilines is 1. The second-order valence-electron chi connectivity index (χ2n) is 7.26. The number of amidine groups is 1. The average molecular weight is 366 g/mol. The molecule has 2 heterocycles. The summed E-state index contributed by atoms with van der Waals surface area (Å²) in [6, 6.07) is 16.2. The molecular formula is C21H23N3OS. The van der Waals surface area contributed by atoms with Crippen molar-refractivity contribution < 1.29 is 4.79 Å². The van der Waals surface area contributed by atoms with E-state index in [2.05, 4.69) is 24.9 Å². The smallest absolute Gasteiger partial charge is 0.258 e. The van der Waals surface area contributed by atoms with E-state index in [1.165, 1.54) is 5.56 Å². The number of hydrogen-bond donors (Lipinski definition) is 1. The van der Waals surface area contributed by atoms with E-state index in [4.69, 9.17) is 5.73 Å². The van der Waals surface area contributed by atoms with Gasteiger partial charge in [-0.15, -0.1) is 0 Å². The van der Waals surface area contributed by atoms with Crippen LogP contribution >= 0.6 is 11.8 Å². The van der Waals surface area contributed by atoms with Crippen molar-refractivity contribution in [3.8, 4) is 0 Å². The number of aliphatic imine (C=N–C) groups is 1. The van der Waals surface area contributed by atoms with Gasteiger partial charge in [0.25, 0.3) is 5.91 Å². The highest BCUT2D eigenvalue weighted by Crippen LogP contribution is 2.37. The maximum Gasteiger partial charge on any atom is 0.258 e. The summed E-state index contributed by atoms with van der Waals surface area (Å²) in [5.74, 6) is 0.996. The molecule has 4 nitrogen and oxygen atoms in total. The Morgan fingerprint density at radius 3 is 2.88 bits per heavy atom. The van der Waals surface area contributed by atoms with Crippen LogP contribution in [0.1, 0.15) is 41.8 Å². The number of thioether (sulfide) groups is 1. The van der Waals surface area contributed by atoms with Gasteiger partial charge in [-0.3, -0.25) is 9.79 Å². The first kappa shape index (κ1) is 17.2. The summed E-state index contributed by atoms with van der Waals surface area (Å²) >= 11 is 1.59. The topological polar surface area (TPSA) is 58.7 Å². The first-order valence-corrected chi connectivity index (χ1v) is 9.97. The van der Waals surface area contributed by atoms with Gasteiger partial charge in [0.15, 0.2) is 5.17 Å². The molecule has 0 saturated heterocycles. The van der Waals surface area contributed by atoms with E-state index in [1.54, 1.807) is 11.8 Å². The number of carbonyl (C=O) groups is 1. The van der Waals surface area contributed by atoms with Crippen LogP contribution in [0.2, 0.25) is 0 Å². The van der Waals surface area contributed by atoms with E-state index in [1.807, 2.05) is 47.4 Å². The van der Waals surface area contributed by atoms with Gasteiger partial charge >= 0.3 is 0 Å². The Morgan fingerprint density at radius 1 is 1.27 bits per heavy atom. The van der Waals surface area contributed by atoms with Crippen molar-refractivity contribution in [3.05, 3.63) is 65.2 Å². The van der Waals surface area contributed by atoms with Crippen LogP contribution in [0.25, 0.3) is 0 Å².